The van der Waals surface area contributed by atoms with Crippen molar-refractivity contribution in [1.29, 1.82) is 0 Å². The Balaban J connectivity index is 1.46. The summed E-state index contributed by atoms with van der Waals surface area (Å²) in [6, 6.07) is 11.7. The average Bonchev–Trinajstić information content (AvgIpc) is 3.45. The van der Waals surface area contributed by atoms with Gasteiger partial charge in [0.15, 0.2) is 9.84 Å². The van der Waals surface area contributed by atoms with Crippen LogP contribution in [0.25, 0.3) is 0 Å². The number of ether oxygens (including phenoxy) is 2. The highest BCUT2D eigenvalue weighted by atomic mass is 32.2. The molecule has 1 aliphatic rings. The highest BCUT2D eigenvalue weighted by Gasteiger charge is 2.37. The Morgan fingerprint density at radius 2 is 1.72 bits per heavy atom. The summed E-state index contributed by atoms with van der Waals surface area (Å²) in [7, 11) is -3.47. The predicted molar refractivity (Wildman–Crippen MR) is 158 cm³/mol. The molecule has 1 aliphatic heterocycles. The number of nitrogens with one attached hydrogen (secondary N) is 1. The first-order chi connectivity index (χ1) is 21.7. The maximum absolute atomic E-state index is 13.9. The number of carbonyl (C=O) groups is 1. The lowest BCUT2D eigenvalue weighted by atomic mass is 10.1. The summed E-state index contributed by atoms with van der Waals surface area (Å²) in [6.45, 7) is 2.15. The zero-order valence-corrected chi connectivity index (χ0v) is 25.8. The van der Waals surface area contributed by atoms with Crippen molar-refractivity contribution in [3.8, 4) is 5.75 Å². The maximum atomic E-state index is 13.9. The van der Waals surface area contributed by atoms with Crippen molar-refractivity contribution in [2.45, 2.75) is 62.1 Å². The molecule has 2 aromatic carbocycles. The Kier molecular flexibility index (Phi) is 10.9. The van der Waals surface area contributed by atoms with Gasteiger partial charge < -0.3 is 24.8 Å². The largest absolute Gasteiger partial charge is 0.489 e. The van der Waals surface area contributed by atoms with Crippen LogP contribution >= 0.6 is 0 Å². The average molecular weight is 672 g/mol. The molecule has 46 heavy (non-hydrogen) atoms. The van der Waals surface area contributed by atoms with Crippen LogP contribution in [0, 0.1) is 0 Å². The van der Waals surface area contributed by atoms with Gasteiger partial charge in [-0.1, -0.05) is 13.8 Å². The Morgan fingerprint density at radius 1 is 1.04 bits per heavy atom. The molecule has 9 nitrogen and oxygen atoms in total. The van der Waals surface area contributed by atoms with Gasteiger partial charge in [0.05, 0.1) is 53.7 Å². The second-order valence-electron chi connectivity index (χ2n) is 10.7. The van der Waals surface area contributed by atoms with Gasteiger partial charge in [0.1, 0.15) is 11.9 Å². The molecule has 0 unspecified atom stereocenters. The maximum Gasteiger partial charge on any atom is 0.416 e. The molecule has 3 atom stereocenters. The van der Waals surface area contributed by atoms with Gasteiger partial charge in [-0.2, -0.15) is 22.0 Å². The molecule has 4 rings (SSSR count). The summed E-state index contributed by atoms with van der Waals surface area (Å²) >= 11 is 0. The van der Waals surface area contributed by atoms with E-state index in [1.165, 1.54) is 56.4 Å². The number of aromatic nitrogens is 1. The Bertz CT molecular complexity index is 1570. The van der Waals surface area contributed by atoms with Crippen LogP contribution in [0.4, 0.5) is 27.6 Å². The number of aliphatic hydroxyl groups is 1. The molecule has 0 saturated carbocycles. The third-order valence-electron chi connectivity index (χ3n) is 7.56. The van der Waals surface area contributed by atoms with Gasteiger partial charge in [0.25, 0.3) is 5.91 Å². The number of sulfone groups is 1. The van der Waals surface area contributed by atoms with Gasteiger partial charge in [-0.25, -0.2) is 8.42 Å². The summed E-state index contributed by atoms with van der Waals surface area (Å²) in [4.78, 5) is 18.9. The lowest BCUT2D eigenvalue weighted by Crippen LogP contribution is -2.36. The minimum absolute atomic E-state index is 0.0217. The predicted octanol–water partition coefficient (Wildman–Crippen LogP) is 5.40. The fourth-order valence-electron chi connectivity index (χ4n) is 4.88. The fraction of sp³-hybridized carbons (Fsp3) is 0.419. The molecule has 0 aliphatic carbocycles. The van der Waals surface area contributed by atoms with E-state index in [1.807, 2.05) is 0 Å². The molecule has 1 saturated heterocycles. The number of carbonyl (C=O) groups excluding carboxylic acids is 1. The summed E-state index contributed by atoms with van der Waals surface area (Å²) in [5.41, 5.74) is 0.212. The first-order valence-electron chi connectivity index (χ1n) is 14.5. The van der Waals surface area contributed by atoms with Gasteiger partial charge in [-0.3, -0.25) is 9.78 Å². The minimum atomic E-state index is -4.50. The minimum Gasteiger partial charge on any atom is -0.489 e. The van der Waals surface area contributed by atoms with Crippen molar-refractivity contribution >= 4 is 21.4 Å². The highest BCUT2D eigenvalue weighted by molar-refractivity contribution is 7.91. The molecule has 0 spiro atoms. The van der Waals surface area contributed by atoms with Crippen molar-refractivity contribution in [1.82, 2.24) is 10.3 Å². The summed E-state index contributed by atoms with van der Waals surface area (Å²) in [6.07, 6.45) is -7.52. The number of benzene rings is 2. The van der Waals surface area contributed by atoms with E-state index in [9.17, 15) is 40.3 Å². The van der Waals surface area contributed by atoms with E-state index in [4.69, 9.17) is 9.47 Å². The van der Waals surface area contributed by atoms with Crippen LogP contribution in [0.3, 0.4) is 0 Å². The zero-order valence-electron chi connectivity index (χ0n) is 25.0. The number of aliphatic hydroxyl groups excluding tert-OH is 1. The topological polar surface area (TPSA) is 118 Å². The molecule has 0 bridgehead atoms. The van der Waals surface area contributed by atoms with Crippen molar-refractivity contribution in [2.75, 3.05) is 30.4 Å². The molecule has 2 N–H and O–H groups in total. The number of pyridine rings is 1. The Labute approximate surface area is 263 Å². The standard InChI is InChI=1S/C31H34F5N3O6S/c1-3-30(32,33)44-19-23-15-25(45-24-11-7-21(8-12-24)31(34,35)36)17-39(23)22-9-5-20(6-10-22)29(41)38-28(18-40)27-14-13-26(16-37-27)46(42,43)4-2/h5-14,16,23,25,28,40H,3-4,15,17-19H2,1-2H3,(H,38,41)/t23-,25-,28-/m0/s1. The van der Waals surface area contributed by atoms with Crippen molar-refractivity contribution in [3.63, 3.8) is 0 Å². The van der Waals surface area contributed by atoms with Crippen molar-refractivity contribution < 1.29 is 49.7 Å². The van der Waals surface area contributed by atoms with E-state index in [0.717, 1.165) is 12.1 Å². The van der Waals surface area contributed by atoms with Crippen molar-refractivity contribution in [3.05, 3.63) is 83.7 Å². The zero-order chi connectivity index (χ0) is 33.7. The van der Waals surface area contributed by atoms with Gasteiger partial charge in [-0.05, 0) is 60.7 Å². The van der Waals surface area contributed by atoms with Crippen LogP contribution in [0.5, 0.6) is 5.75 Å². The van der Waals surface area contributed by atoms with E-state index in [-0.39, 0.29) is 47.2 Å². The molecule has 1 amide bonds. The first kappa shape index (κ1) is 35.0. The summed E-state index contributed by atoms with van der Waals surface area (Å²) < 4.78 is 102. The number of anilines is 1. The fourth-order valence-corrected chi connectivity index (χ4v) is 5.70. The van der Waals surface area contributed by atoms with Gasteiger partial charge in [0.2, 0.25) is 0 Å². The second-order valence-corrected chi connectivity index (χ2v) is 13.0. The smallest absolute Gasteiger partial charge is 0.416 e. The Morgan fingerprint density at radius 3 is 2.26 bits per heavy atom. The SMILES string of the molecule is CCC(F)(F)OC[C@@H]1C[C@H](Oc2ccc(C(F)(F)F)cc2)CN1c1ccc(C(=O)N[C@@H](CO)c2ccc(S(=O)(=O)CC)cn2)cc1. The number of amides is 1. The van der Waals surface area contributed by atoms with Gasteiger partial charge in [-0.15, -0.1) is 0 Å². The van der Waals surface area contributed by atoms with Crippen LogP contribution in [-0.4, -0.2) is 68.2 Å². The normalized spacial score (nSPS) is 18.0. The third-order valence-corrected chi connectivity index (χ3v) is 9.28. The molecule has 15 heteroatoms. The quantitative estimate of drug-likeness (QED) is 0.232. The first-order valence-corrected chi connectivity index (χ1v) is 16.1. The van der Waals surface area contributed by atoms with E-state index in [1.54, 1.807) is 17.0 Å². The number of nitrogens with zero attached hydrogens (tertiary/aromatic N) is 2. The highest BCUT2D eigenvalue weighted by Crippen LogP contribution is 2.33. The molecule has 0 radical (unpaired) electrons. The lowest BCUT2D eigenvalue weighted by molar-refractivity contribution is -0.241. The Hall–Kier alpha value is -3.82. The molecule has 3 aromatic rings. The molecule has 250 valence electrons. The molecular formula is C31H34F5N3O6S. The van der Waals surface area contributed by atoms with Crippen LogP contribution in [-0.2, 0) is 20.8 Å². The number of alkyl halides is 5. The van der Waals surface area contributed by atoms with Crippen LogP contribution < -0.4 is 15.0 Å². The lowest BCUT2D eigenvalue weighted by Gasteiger charge is -2.28. The summed E-state index contributed by atoms with van der Waals surface area (Å²) in [5.74, 6) is -0.460. The molecule has 2 heterocycles. The van der Waals surface area contributed by atoms with Crippen molar-refractivity contribution in [2.24, 2.45) is 0 Å². The van der Waals surface area contributed by atoms with Gasteiger partial charge >= 0.3 is 12.3 Å². The van der Waals surface area contributed by atoms with E-state index >= 15 is 0 Å². The van der Waals surface area contributed by atoms with Crippen LogP contribution in [0.15, 0.2) is 71.8 Å². The number of rotatable bonds is 13. The van der Waals surface area contributed by atoms with Crippen LogP contribution in [0.1, 0.15) is 54.3 Å². The van der Waals surface area contributed by atoms with E-state index < -0.39 is 64.8 Å². The van der Waals surface area contributed by atoms with Gasteiger partial charge in [0, 0.05) is 30.3 Å². The molecule has 1 fully saturated rings. The number of halogens is 5. The monoisotopic (exact) mass is 671 g/mol. The van der Waals surface area contributed by atoms with E-state index in [0.29, 0.717) is 5.69 Å². The number of hydrogen-bond acceptors (Lipinski definition) is 8. The van der Waals surface area contributed by atoms with E-state index in [2.05, 4.69) is 10.3 Å². The second kappa shape index (κ2) is 14.3. The molecule has 1 aromatic heterocycles. The van der Waals surface area contributed by atoms with Crippen LogP contribution in [0.2, 0.25) is 0 Å². The number of hydrogen-bond donors (Lipinski definition) is 2. The molecular weight excluding hydrogens is 637 g/mol. The summed E-state index contributed by atoms with van der Waals surface area (Å²) in [5, 5.41) is 12.5. The third kappa shape index (κ3) is 8.70.